The van der Waals surface area contributed by atoms with Crippen molar-refractivity contribution in [1.29, 1.82) is 0 Å². The molecule has 2 aromatic heterocycles. The smallest absolute Gasteiger partial charge is 0.221 e. The van der Waals surface area contributed by atoms with Crippen molar-refractivity contribution in [2.24, 2.45) is 18.0 Å². The third-order valence-electron chi connectivity index (χ3n) is 7.64. The van der Waals surface area contributed by atoms with Crippen LogP contribution in [-0.2, 0) is 21.6 Å². The molecule has 1 aromatic carbocycles. The maximum absolute atomic E-state index is 15.5. The highest BCUT2D eigenvalue weighted by atomic mass is 19.1. The van der Waals surface area contributed by atoms with Crippen LogP contribution in [0.1, 0.15) is 35.8 Å². The molecular weight excluding hydrogens is 508 g/mol. The third kappa shape index (κ3) is 4.54. The summed E-state index contributed by atoms with van der Waals surface area (Å²) in [7, 11) is 19.8. The highest BCUT2D eigenvalue weighted by molar-refractivity contribution is 6.59. The molecule has 9 nitrogen and oxygen atoms in total. The number of rotatable bonds is 8. The normalized spacial score (nSPS) is 19.7. The van der Waals surface area contributed by atoms with Crippen molar-refractivity contribution < 1.29 is 19.0 Å². The van der Waals surface area contributed by atoms with Gasteiger partial charge in [0.2, 0.25) is 5.88 Å². The van der Waals surface area contributed by atoms with Gasteiger partial charge in [-0.2, -0.15) is 0 Å². The number of anilines is 1. The van der Waals surface area contributed by atoms with Crippen molar-refractivity contribution in [2.45, 2.75) is 30.0 Å². The fourth-order valence-corrected chi connectivity index (χ4v) is 5.93. The zero-order chi connectivity index (χ0) is 28.0. The van der Waals surface area contributed by atoms with E-state index >= 15 is 4.39 Å². The zero-order valence-corrected chi connectivity index (χ0v) is 22.1. The van der Waals surface area contributed by atoms with Crippen LogP contribution in [0.3, 0.4) is 0 Å². The standard InChI is InChI=1S/C27H26B3FN6O3/c1-36-24(25(34-35-36)27(28,29)30)16-12-19-22(32-13-16)21-20(14-33-26(21)40-11-8-38)37(19)23(15-6-9-39-10-7-15)17-4-2-3-5-18(17)31/h2-5,12-15,20,23,38H,6-11H2,1H3/t20?,23-/m0/s1. The summed E-state index contributed by atoms with van der Waals surface area (Å²) in [5.41, 5.74) is 4.14. The maximum Gasteiger partial charge on any atom is 0.221 e. The van der Waals surface area contributed by atoms with Crippen LogP contribution < -0.4 is 4.90 Å². The van der Waals surface area contributed by atoms with Crippen molar-refractivity contribution in [1.82, 2.24) is 20.0 Å². The molecule has 0 spiro atoms. The second-order valence-electron chi connectivity index (χ2n) is 10.3. The van der Waals surface area contributed by atoms with Gasteiger partial charge in [-0.05, 0) is 30.9 Å². The van der Waals surface area contributed by atoms with E-state index in [0.717, 1.165) is 24.1 Å². The lowest BCUT2D eigenvalue weighted by molar-refractivity contribution is 0.0569. The summed E-state index contributed by atoms with van der Waals surface area (Å²) < 4.78 is 28.5. The fraction of sp³-hybridized carbons (Fsp3) is 0.407. The predicted molar refractivity (Wildman–Crippen MR) is 151 cm³/mol. The first kappa shape index (κ1) is 26.8. The Kier molecular flexibility index (Phi) is 7.04. The number of aromatic nitrogens is 4. The number of pyridine rings is 1. The molecule has 198 valence electrons. The number of aryl methyl sites for hydroxylation is 1. The molecular formula is C27H26B3FN6O3. The molecule has 3 aliphatic rings. The Morgan fingerprint density at radius 1 is 1.23 bits per heavy atom. The molecule has 3 aromatic rings. The first-order valence-electron chi connectivity index (χ1n) is 13.2. The summed E-state index contributed by atoms with van der Waals surface area (Å²) in [6, 6.07) is 8.09. The van der Waals surface area contributed by atoms with E-state index < -0.39 is 5.11 Å². The minimum absolute atomic E-state index is 0.0860. The Morgan fingerprint density at radius 3 is 2.73 bits per heavy atom. The van der Waals surface area contributed by atoms with Crippen LogP contribution in [0.25, 0.3) is 16.8 Å². The average molecular weight is 534 g/mol. The summed E-state index contributed by atoms with van der Waals surface area (Å²) in [5, 5.41) is 15.9. The number of hydrogen-bond donors (Lipinski definition) is 1. The molecule has 0 aliphatic carbocycles. The number of fused-ring (bicyclic) bond motifs is 3. The van der Waals surface area contributed by atoms with E-state index in [1.165, 1.54) is 6.07 Å². The molecule has 13 heteroatoms. The Balaban J connectivity index is 1.56. The Morgan fingerprint density at radius 2 is 2.00 bits per heavy atom. The Hall–Kier alpha value is -3.44. The van der Waals surface area contributed by atoms with E-state index in [-0.39, 0.29) is 42.7 Å². The highest BCUT2D eigenvalue weighted by Gasteiger charge is 2.46. The number of aliphatic imine (C=N–C) groups is 1. The number of aliphatic hydroxyl groups is 1. The lowest BCUT2D eigenvalue weighted by Gasteiger charge is -2.40. The molecule has 1 unspecified atom stereocenters. The van der Waals surface area contributed by atoms with Crippen LogP contribution in [0.5, 0.6) is 0 Å². The van der Waals surface area contributed by atoms with Gasteiger partial charge in [0.25, 0.3) is 0 Å². The van der Waals surface area contributed by atoms with E-state index in [4.69, 9.17) is 38.0 Å². The molecule has 6 rings (SSSR count). The molecule has 1 fully saturated rings. The van der Waals surface area contributed by atoms with Crippen LogP contribution >= 0.6 is 0 Å². The van der Waals surface area contributed by atoms with Crippen LogP contribution in [0.15, 0.2) is 47.4 Å². The number of halogens is 1. The van der Waals surface area contributed by atoms with Gasteiger partial charge >= 0.3 is 0 Å². The first-order chi connectivity index (χ1) is 19.3. The van der Waals surface area contributed by atoms with Crippen molar-refractivity contribution in [2.75, 3.05) is 31.3 Å². The number of benzene rings is 1. The average Bonchev–Trinajstić information content (AvgIpc) is 3.62. The molecule has 1 N–H and O–H groups in total. The molecule has 0 saturated carbocycles. The second kappa shape index (κ2) is 10.5. The largest absolute Gasteiger partial charge is 0.475 e. The van der Waals surface area contributed by atoms with Crippen LogP contribution in [0.2, 0.25) is 0 Å². The van der Waals surface area contributed by atoms with E-state index in [0.29, 0.717) is 41.6 Å². The van der Waals surface area contributed by atoms with Gasteiger partial charge in [-0.1, -0.05) is 28.5 Å². The first-order valence-corrected chi connectivity index (χ1v) is 13.2. The highest BCUT2D eigenvalue weighted by Crippen LogP contribution is 2.51. The van der Waals surface area contributed by atoms with Crippen molar-refractivity contribution in [3.63, 3.8) is 0 Å². The van der Waals surface area contributed by atoms with Gasteiger partial charge in [-0.3, -0.25) is 4.98 Å². The van der Waals surface area contributed by atoms with E-state index in [9.17, 15) is 5.11 Å². The van der Waals surface area contributed by atoms with Crippen molar-refractivity contribution >= 4 is 41.0 Å². The minimum Gasteiger partial charge on any atom is -0.475 e. The summed E-state index contributed by atoms with van der Waals surface area (Å²) >= 11 is 0. The molecule has 0 amide bonds. The molecule has 6 radical (unpaired) electrons. The topological polar surface area (TPSA) is 97.9 Å². The summed E-state index contributed by atoms with van der Waals surface area (Å²) in [6.45, 7) is 1.12. The minimum atomic E-state index is -1.73. The number of ether oxygens (including phenoxy) is 2. The molecule has 2 atom stereocenters. The van der Waals surface area contributed by atoms with Gasteiger partial charge in [0.05, 0.1) is 70.6 Å². The monoisotopic (exact) mass is 534 g/mol. The van der Waals surface area contributed by atoms with Gasteiger partial charge < -0.3 is 19.5 Å². The van der Waals surface area contributed by atoms with Crippen molar-refractivity contribution in [3.05, 3.63) is 65.2 Å². The Bertz CT molecular complexity index is 1480. The van der Waals surface area contributed by atoms with Crippen LogP contribution in [0.4, 0.5) is 10.1 Å². The SMILES string of the molecule is [B]C([B])([B])c1nnn(C)c1-c1cnc2c(c1)N([C@H](c1ccccc1F)C1CCOCC1)C1C=NC(OCCO)=C21. The van der Waals surface area contributed by atoms with Gasteiger partial charge in [0.1, 0.15) is 12.4 Å². The summed E-state index contributed by atoms with van der Waals surface area (Å²) in [5.74, 6) is 0.192. The summed E-state index contributed by atoms with van der Waals surface area (Å²) in [6.07, 6.45) is 4.99. The van der Waals surface area contributed by atoms with E-state index in [2.05, 4.69) is 20.2 Å². The van der Waals surface area contributed by atoms with E-state index in [1.807, 2.05) is 18.2 Å². The number of aliphatic hydroxyl groups excluding tert-OH is 1. The Labute approximate surface area is 235 Å². The maximum atomic E-state index is 15.5. The molecule has 5 heterocycles. The van der Waals surface area contributed by atoms with Crippen LogP contribution in [0, 0.1) is 11.7 Å². The summed E-state index contributed by atoms with van der Waals surface area (Å²) in [4.78, 5) is 11.5. The van der Waals surface area contributed by atoms with Crippen molar-refractivity contribution in [3.8, 4) is 11.3 Å². The zero-order valence-electron chi connectivity index (χ0n) is 22.1. The molecule has 0 bridgehead atoms. The number of hydrogen-bond acceptors (Lipinski definition) is 8. The lowest BCUT2D eigenvalue weighted by Crippen LogP contribution is -2.41. The molecule has 1 saturated heterocycles. The predicted octanol–water partition coefficient (Wildman–Crippen LogP) is 1.75. The third-order valence-corrected chi connectivity index (χ3v) is 7.64. The molecule has 40 heavy (non-hydrogen) atoms. The lowest BCUT2D eigenvalue weighted by atomic mass is 9.41. The fourth-order valence-electron chi connectivity index (χ4n) is 5.93. The van der Waals surface area contributed by atoms with Gasteiger partial charge in [0, 0.05) is 43.8 Å². The van der Waals surface area contributed by atoms with E-state index in [1.54, 1.807) is 30.2 Å². The quantitative estimate of drug-likeness (QED) is 0.441. The van der Waals surface area contributed by atoms with Gasteiger partial charge in [-0.25, -0.2) is 14.1 Å². The van der Waals surface area contributed by atoms with Gasteiger partial charge in [-0.15, -0.1) is 5.10 Å². The molecule has 3 aliphatic heterocycles. The van der Waals surface area contributed by atoms with Crippen LogP contribution in [-0.4, -0.2) is 87.3 Å². The van der Waals surface area contributed by atoms with Gasteiger partial charge in [0.15, 0.2) is 0 Å². The number of nitrogens with zero attached hydrogens (tertiary/aromatic N) is 6. The second-order valence-corrected chi connectivity index (χ2v) is 10.3.